The summed E-state index contributed by atoms with van der Waals surface area (Å²) < 4.78 is 33.5. The molecule has 0 bridgehead atoms. The number of nitrogens with zero attached hydrogens (tertiary/aromatic N) is 5. The van der Waals surface area contributed by atoms with E-state index in [1.54, 1.807) is 11.0 Å². The third-order valence-corrected chi connectivity index (χ3v) is 11.9. The van der Waals surface area contributed by atoms with Gasteiger partial charge in [0.2, 0.25) is 0 Å². The number of piperidine rings is 1. The first-order valence-corrected chi connectivity index (χ1v) is 17.6. The summed E-state index contributed by atoms with van der Waals surface area (Å²) in [7, 11) is -0.458. The normalized spacial score (nSPS) is 21.4. The average Bonchev–Trinajstić information content (AvgIpc) is 3.56. The highest BCUT2D eigenvalue weighted by Crippen LogP contribution is 2.33. The Kier molecular flexibility index (Phi) is 10.4. The molecule has 2 aromatic carbocycles. The predicted molar refractivity (Wildman–Crippen MR) is 177 cm³/mol. The first-order valence-electron chi connectivity index (χ1n) is 15.8. The molecule has 3 aliphatic heterocycles. The van der Waals surface area contributed by atoms with Crippen molar-refractivity contribution in [2.75, 3.05) is 71.4 Å². The van der Waals surface area contributed by atoms with Crippen LogP contribution in [0.25, 0.3) is 0 Å². The van der Waals surface area contributed by atoms with Crippen LogP contribution in [-0.2, 0) is 14.9 Å². The van der Waals surface area contributed by atoms with Crippen molar-refractivity contribution in [2.45, 2.75) is 46.1 Å². The molecule has 3 fully saturated rings. The van der Waals surface area contributed by atoms with Crippen molar-refractivity contribution in [1.82, 2.24) is 18.4 Å². The van der Waals surface area contributed by atoms with Gasteiger partial charge < -0.3 is 14.5 Å². The van der Waals surface area contributed by atoms with Crippen LogP contribution in [0.4, 0.5) is 10.5 Å². The van der Waals surface area contributed by atoms with Crippen LogP contribution in [0.15, 0.2) is 36.4 Å². The van der Waals surface area contributed by atoms with Gasteiger partial charge in [-0.15, -0.1) is 0 Å². The number of fused-ring (bicyclic) bond motifs is 1. The van der Waals surface area contributed by atoms with Crippen molar-refractivity contribution in [1.29, 1.82) is 0 Å². The van der Waals surface area contributed by atoms with Crippen LogP contribution in [0, 0.1) is 32.6 Å². The number of hydrogen-bond donors (Lipinski definition) is 0. The minimum absolute atomic E-state index is 0.141. The van der Waals surface area contributed by atoms with Gasteiger partial charge in [0.05, 0.1) is 0 Å². The largest absolute Gasteiger partial charge is 0.446 e. The molecule has 10 nitrogen and oxygen atoms in total. The molecule has 246 valence electrons. The third-order valence-electron chi connectivity index (χ3n) is 9.54. The number of carbonyl (C=O) groups excluding carboxylic acids is 2. The van der Waals surface area contributed by atoms with Gasteiger partial charge in [-0.05, 0) is 87.2 Å². The molecule has 12 heteroatoms. The van der Waals surface area contributed by atoms with E-state index in [0.29, 0.717) is 55.0 Å². The van der Waals surface area contributed by atoms with Gasteiger partial charge >= 0.3 is 6.09 Å². The molecule has 2 aromatic rings. The maximum Gasteiger partial charge on any atom is 0.414 e. The summed E-state index contributed by atoms with van der Waals surface area (Å²) in [5.74, 6) is 1.05. The van der Waals surface area contributed by atoms with Crippen LogP contribution in [0.1, 0.15) is 46.3 Å². The van der Waals surface area contributed by atoms with Crippen LogP contribution in [0.3, 0.4) is 0 Å². The lowest BCUT2D eigenvalue weighted by Gasteiger charge is -2.33. The molecule has 0 aromatic heterocycles. The molecule has 5 rings (SSSR count). The van der Waals surface area contributed by atoms with Gasteiger partial charge in [-0.25, -0.2) is 4.79 Å². The minimum Gasteiger partial charge on any atom is -0.446 e. The summed E-state index contributed by atoms with van der Waals surface area (Å²) >= 11 is 6.44. The lowest BCUT2D eigenvalue weighted by atomic mass is 10.0. The first-order chi connectivity index (χ1) is 21.3. The fourth-order valence-electron chi connectivity index (χ4n) is 6.89. The zero-order valence-electron chi connectivity index (χ0n) is 27.0. The van der Waals surface area contributed by atoms with E-state index < -0.39 is 16.3 Å². The van der Waals surface area contributed by atoms with E-state index in [-0.39, 0.29) is 12.0 Å². The Hall–Kier alpha value is -2.70. The van der Waals surface area contributed by atoms with E-state index in [4.69, 9.17) is 16.3 Å². The van der Waals surface area contributed by atoms with E-state index in [9.17, 15) is 18.0 Å². The third kappa shape index (κ3) is 7.49. The molecule has 0 N–H and O–H groups in total. The summed E-state index contributed by atoms with van der Waals surface area (Å²) in [6, 6.07) is 11.6. The standard InChI is InChI=1S/C33H46ClN5O5S/c1-23-10-11-28(18-30(23)34)39(33(41)44-29-12-16-38(17-13-29)45(42,43)35(4)5)15-7-14-36-19-26-21-37(22-27(26)20-36)32(40)31-24(2)8-6-9-25(31)3/h6,8-11,18,26-27,29H,7,12-17,19-22H2,1-5H3. The number of ether oxygens (including phenoxy) is 1. The van der Waals surface area contributed by atoms with Crippen LogP contribution >= 0.6 is 11.6 Å². The highest BCUT2D eigenvalue weighted by Gasteiger charge is 2.42. The molecular weight excluding hydrogens is 614 g/mol. The Bertz CT molecular complexity index is 1480. The molecule has 3 heterocycles. The van der Waals surface area contributed by atoms with Crippen molar-refractivity contribution in [3.05, 3.63) is 63.7 Å². The number of halogens is 1. The molecule has 3 aliphatic rings. The predicted octanol–water partition coefficient (Wildman–Crippen LogP) is 4.57. The number of aryl methyl sites for hydroxylation is 3. The maximum absolute atomic E-state index is 13.5. The summed E-state index contributed by atoms with van der Waals surface area (Å²) in [6.07, 6.45) is 0.844. The number of rotatable bonds is 9. The molecule has 45 heavy (non-hydrogen) atoms. The minimum atomic E-state index is -3.49. The molecule has 2 atom stereocenters. The number of amides is 2. The van der Waals surface area contributed by atoms with Crippen LogP contribution in [0.2, 0.25) is 5.02 Å². The monoisotopic (exact) mass is 659 g/mol. The molecule has 0 radical (unpaired) electrons. The number of carbonyl (C=O) groups is 2. The highest BCUT2D eigenvalue weighted by molar-refractivity contribution is 7.86. The van der Waals surface area contributed by atoms with Gasteiger partial charge in [0.25, 0.3) is 16.1 Å². The topological polar surface area (TPSA) is 93.7 Å². The van der Waals surface area contributed by atoms with Crippen LogP contribution in [-0.4, -0.2) is 111 Å². The fraction of sp³-hybridized carbons (Fsp3) is 0.576. The van der Waals surface area contributed by atoms with E-state index >= 15 is 0 Å². The Labute approximate surface area is 273 Å². The smallest absolute Gasteiger partial charge is 0.414 e. The van der Waals surface area contributed by atoms with Crippen molar-refractivity contribution in [2.24, 2.45) is 11.8 Å². The summed E-state index contributed by atoms with van der Waals surface area (Å²) in [4.78, 5) is 33.0. The van der Waals surface area contributed by atoms with Crippen molar-refractivity contribution in [3.63, 3.8) is 0 Å². The quantitative estimate of drug-likeness (QED) is 0.392. The van der Waals surface area contributed by atoms with E-state index in [0.717, 1.165) is 61.4 Å². The zero-order chi connectivity index (χ0) is 32.5. The van der Waals surface area contributed by atoms with E-state index in [2.05, 4.69) is 4.90 Å². The van der Waals surface area contributed by atoms with Gasteiger partial charge in [-0.2, -0.15) is 17.0 Å². The SMILES string of the molecule is Cc1ccc(N(CCCN2CC3CN(C(=O)c4c(C)cccc4C)CC3C2)C(=O)OC2CCN(S(=O)(=O)N(C)C)CC2)cc1Cl. The maximum atomic E-state index is 13.5. The number of likely N-dealkylation sites (tertiary alicyclic amines) is 2. The molecular formula is C33H46ClN5O5S. The van der Waals surface area contributed by atoms with Crippen molar-refractivity contribution in [3.8, 4) is 0 Å². The van der Waals surface area contributed by atoms with E-state index in [1.165, 1.54) is 22.7 Å². The molecule has 0 aliphatic carbocycles. The number of hydrogen-bond acceptors (Lipinski definition) is 6. The Morgan fingerprint density at radius 2 is 1.56 bits per heavy atom. The summed E-state index contributed by atoms with van der Waals surface area (Å²) in [6.45, 7) is 11.3. The first kappa shape index (κ1) is 33.7. The second-order valence-corrected chi connectivity index (χ2v) is 15.5. The molecule has 3 saturated heterocycles. The number of benzene rings is 2. The fourth-order valence-corrected chi connectivity index (χ4v) is 8.20. The van der Waals surface area contributed by atoms with Gasteiger partial charge in [-0.1, -0.05) is 35.9 Å². The van der Waals surface area contributed by atoms with Crippen LogP contribution < -0.4 is 4.90 Å². The highest BCUT2D eigenvalue weighted by atomic mass is 35.5. The van der Waals surface area contributed by atoms with Crippen LogP contribution in [0.5, 0.6) is 0 Å². The zero-order valence-corrected chi connectivity index (χ0v) is 28.6. The van der Waals surface area contributed by atoms with Gasteiger partial charge in [0.1, 0.15) is 6.10 Å². The lowest BCUT2D eigenvalue weighted by Crippen LogP contribution is -2.47. The average molecular weight is 660 g/mol. The summed E-state index contributed by atoms with van der Waals surface area (Å²) in [5.41, 5.74) is 4.50. The Balaban J connectivity index is 1.15. The van der Waals surface area contributed by atoms with Gasteiger partial charge in [0.15, 0.2) is 0 Å². The van der Waals surface area contributed by atoms with Gasteiger partial charge in [-0.3, -0.25) is 9.69 Å². The van der Waals surface area contributed by atoms with Gasteiger partial charge in [0, 0.05) is 76.2 Å². The van der Waals surface area contributed by atoms with Crippen molar-refractivity contribution < 1.29 is 22.7 Å². The Morgan fingerprint density at radius 1 is 0.933 bits per heavy atom. The van der Waals surface area contributed by atoms with E-state index in [1.807, 2.05) is 56.0 Å². The summed E-state index contributed by atoms with van der Waals surface area (Å²) in [5, 5.41) is 0.583. The van der Waals surface area contributed by atoms with Crippen molar-refractivity contribution >= 4 is 39.5 Å². The number of anilines is 1. The second-order valence-electron chi connectivity index (χ2n) is 13.0. The second kappa shape index (κ2) is 14.0. The lowest BCUT2D eigenvalue weighted by molar-refractivity contribution is 0.0712. The molecule has 2 unspecified atom stereocenters. The molecule has 0 spiro atoms. The Morgan fingerprint density at radius 3 is 2.13 bits per heavy atom. The molecule has 0 saturated carbocycles. The molecule has 2 amide bonds.